The molecular formula is C38H32F4N6O6. The zero-order valence-electron chi connectivity index (χ0n) is 28.7. The van der Waals surface area contributed by atoms with Crippen LogP contribution in [0.5, 0.6) is 0 Å². The molecule has 6 rings (SSSR count). The van der Waals surface area contributed by atoms with Crippen LogP contribution in [-0.2, 0) is 54.6 Å². The molecule has 2 N–H and O–H groups in total. The van der Waals surface area contributed by atoms with E-state index in [2.05, 4.69) is 20.2 Å². The average Bonchev–Trinajstić information content (AvgIpc) is 3.87. The maximum Gasteiger partial charge on any atom is 0.418 e. The molecule has 4 atom stereocenters. The predicted molar refractivity (Wildman–Crippen MR) is 180 cm³/mol. The van der Waals surface area contributed by atoms with Gasteiger partial charge in [0.1, 0.15) is 48.6 Å². The summed E-state index contributed by atoms with van der Waals surface area (Å²) in [7, 11) is 0. The van der Waals surface area contributed by atoms with Crippen LogP contribution in [0.15, 0.2) is 122 Å². The molecule has 2 heterocycles. The van der Waals surface area contributed by atoms with E-state index < -0.39 is 70.7 Å². The number of carbonyl (C=O) groups excluding carboxylic acids is 2. The summed E-state index contributed by atoms with van der Waals surface area (Å²) in [5.41, 5.74) is -9.33. The van der Waals surface area contributed by atoms with Gasteiger partial charge in [-0.2, -0.15) is 10.2 Å². The molecular weight excluding hydrogens is 712 g/mol. The summed E-state index contributed by atoms with van der Waals surface area (Å²) in [6, 6.07) is 18.2. The number of hydrogen-bond acceptors (Lipinski definition) is 10. The third kappa shape index (κ3) is 7.08. The Balaban J connectivity index is 1.46. The van der Waals surface area contributed by atoms with Crippen LogP contribution in [-0.4, -0.2) is 51.7 Å². The van der Waals surface area contributed by atoms with Crippen molar-refractivity contribution in [2.45, 2.75) is 49.3 Å². The number of rotatable bonds is 12. The molecule has 0 saturated carbocycles. The topological polar surface area (TPSA) is 154 Å². The molecule has 4 unspecified atom stereocenters. The highest BCUT2D eigenvalue weighted by atomic mass is 19.1. The zero-order chi connectivity index (χ0) is 38.7. The van der Waals surface area contributed by atoms with Crippen LogP contribution in [0.25, 0.3) is 0 Å². The van der Waals surface area contributed by atoms with E-state index in [0.717, 1.165) is 48.5 Å². The molecule has 0 spiro atoms. The number of esters is 2. The van der Waals surface area contributed by atoms with Crippen molar-refractivity contribution in [1.82, 2.24) is 29.5 Å². The fraction of sp³-hybridized carbons (Fsp3) is 0.211. The first-order valence-corrected chi connectivity index (χ1v) is 16.3. The van der Waals surface area contributed by atoms with E-state index in [1.165, 1.54) is 97.1 Å². The van der Waals surface area contributed by atoms with Crippen molar-refractivity contribution < 1.29 is 46.8 Å². The van der Waals surface area contributed by atoms with Crippen molar-refractivity contribution in [3.8, 4) is 0 Å². The Labute approximate surface area is 305 Å². The fourth-order valence-corrected chi connectivity index (χ4v) is 6.34. The molecule has 54 heavy (non-hydrogen) atoms. The number of aliphatic hydroxyl groups is 2. The maximum atomic E-state index is 14.2. The highest BCUT2D eigenvalue weighted by molar-refractivity contribution is 6.30. The van der Waals surface area contributed by atoms with Crippen LogP contribution in [0, 0.1) is 23.3 Å². The van der Waals surface area contributed by atoms with E-state index in [0.29, 0.717) is 0 Å². The summed E-state index contributed by atoms with van der Waals surface area (Å²) < 4.78 is 71.0. The predicted octanol–water partition coefficient (Wildman–Crippen LogP) is 4.82. The van der Waals surface area contributed by atoms with E-state index in [9.17, 15) is 37.4 Å². The van der Waals surface area contributed by atoms with Gasteiger partial charge in [0, 0.05) is 0 Å². The van der Waals surface area contributed by atoms with Gasteiger partial charge in [0.2, 0.25) is 0 Å². The van der Waals surface area contributed by atoms with Gasteiger partial charge in [0.05, 0.1) is 13.1 Å². The van der Waals surface area contributed by atoms with E-state index in [-0.39, 0.29) is 22.3 Å². The quantitative estimate of drug-likeness (QED) is 0.101. The van der Waals surface area contributed by atoms with Crippen LogP contribution in [0.4, 0.5) is 17.6 Å². The number of carbonyl (C=O) groups is 2. The van der Waals surface area contributed by atoms with Gasteiger partial charge in [-0.15, -0.1) is 0 Å². The molecule has 2 aromatic heterocycles. The summed E-state index contributed by atoms with van der Waals surface area (Å²) in [6.45, 7) is 1.55. The van der Waals surface area contributed by atoms with Gasteiger partial charge < -0.3 is 19.7 Å². The van der Waals surface area contributed by atoms with Crippen LogP contribution < -0.4 is 0 Å². The van der Waals surface area contributed by atoms with Gasteiger partial charge >= 0.3 is 11.9 Å². The van der Waals surface area contributed by atoms with Crippen molar-refractivity contribution in [1.29, 1.82) is 0 Å². The first kappa shape index (κ1) is 37.5. The number of aromatic nitrogens is 6. The molecule has 0 aliphatic carbocycles. The van der Waals surface area contributed by atoms with Gasteiger partial charge in [-0.1, -0.05) is 48.5 Å². The Bertz CT molecular complexity index is 2050. The molecule has 0 aliphatic rings. The minimum absolute atomic E-state index is 0.00191. The van der Waals surface area contributed by atoms with E-state index in [1.807, 2.05) is 0 Å². The molecule has 16 heteroatoms. The standard InChI is InChI=1S/C38H32F4N6O6/c1-35(25-3-11-29(39)12-4-25,37(51,19-47-23-43-21-45-47)27-7-15-31(41)16-8-27)53-33(49)34(50)54-36(2,26-5-13-30(40)14-6-26)38(52,20-48-24-44-22-46-48)28-9-17-32(42)18-10-28/h3-18,21-24,51-52H,19-20H2,1-2H3. The summed E-state index contributed by atoms with van der Waals surface area (Å²) >= 11 is 0. The normalized spacial score (nSPS) is 15.9. The lowest BCUT2D eigenvalue weighted by Crippen LogP contribution is -2.55. The first-order valence-electron chi connectivity index (χ1n) is 16.3. The van der Waals surface area contributed by atoms with Crippen LogP contribution in [0.3, 0.4) is 0 Å². The molecule has 0 aliphatic heterocycles. The lowest BCUT2D eigenvalue weighted by atomic mass is 9.73. The first-order chi connectivity index (χ1) is 25.7. The molecule has 0 radical (unpaired) electrons. The summed E-state index contributed by atoms with van der Waals surface area (Å²) in [5.74, 6) is -6.03. The summed E-state index contributed by atoms with van der Waals surface area (Å²) in [4.78, 5) is 36.0. The Morgan fingerprint density at radius 2 is 0.815 bits per heavy atom. The van der Waals surface area contributed by atoms with Crippen molar-refractivity contribution >= 4 is 11.9 Å². The number of hydrogen-bond donors (Lipinski definition) is 2. The Morgan fingerprint density at radius 3 is 1.07 bits per heavy atom. The number of halogens is 4. The monoisotopic (exact) mass is 744 g/mol. The van der Waals surface area contributed by atoms with Crippen LogP contribution in [0.2, 0.25) is 0 Å². The van der Waals surface area contributed by atoms with Gasteiger partial charge in [-0.25, -0.2) is 46.5 Å². The molecule has 4 aromatic carbocycles. The fourth-order valence-electron chi connectivity index (χ4n) is 6.34. The molecule has 0 fully saturated rings. The van der Waals surface area contributed by atoms with Gasteiger partial charge in [0.25, 0.3) is 0 Å². The zero-order valence-corrected chi connectivity index (χ0v) is 28.7. The average molecular weight is 745 g/mol. The van der Waals surface area contributed by atoms with Crippen LogP contribution in [0.1, 0.15) is 36.1 Å². The smallest absolute Gasteiger partial charge is 0.418 e. The molecule has 0 amide bonds. The number of nitrogens with zero attached hydrogens (tertiary/aromatic N) is 6. The Morgan fingerprint density at radius 1 is 0.537 bits per heavy atom. The Kier molecular flexibility index (Phi) is 10.2. The number of ether oxygens (including phenoxy) is 2. The van der Waals surface area contributed by atoms with E-state index >= 15 is 0 Å². The third-order valence-corrected chi connectivity index (χ3v) is 9.49. The minimum Gasteiger partial charge on any atom is -0.442 e. The van der Waals surface area contributed by atoms with Crippen molar-refractivity contribution in [2.24, 2.45) is 0 Å². The molecule has 12 nitrogen and oxygen atoms in total. The molecule has 0 bridgehead atoms. The second-order valence-corrected chi connectivity index (χ2v) is 12.8. The van der Waals surface area contributed by atoms with Gasteiger partial charge in [0.15, 0.2) is 22.4 Å². The highest BCUT2D eigenvalue weighted by Crippen LogP contribution is 2.47. The van der Waals surface area contributed by atoms with Crippen molar-refractivity contribution in [3.63, 3.8) is 0 Å². The summed E-state index contributed by atoms with van der Waals surface area (Å²) in [6.07, 6.45) is 4.88. The highest BCUT2D eigenvalue weighted by Gasteiger charge is 2.57. The minimum atomic E-state index is -2.37. The Hall–Kier alpha value is -6.26. The van der Waals surface area contributed by atoms with Crippen LogP contribution >= 0.6 is 0 Å². The second-order valence-electron chi connectivity index (χ2n) is 12.8. The van der Waals surface area contributed by atoms with E-state index in [1.54, 1.807) is 0 Å². The molecule has 278 valence electrons. The van der Waals surface area contributed by atoms with Gasteiger partial charge in [-0.3, -0.25) is 0 Å². The second kappa shape index (κ2) is 14.6. The van der Waals surface area contributed by atoms with E-state index in [4.69, 9.17) is 9.47 Å². The number of benzene rings is 4. The maximum absolute atomic E-state index is 14.2. The van der Waals surface area contributed by atoms with Crippen molar-refractivity contribution in [2.75, 3.05) is 0 Å². The largest absolute Gasteiger partial charge is 0.442 e. The lowest BCUT2D eigenvalue weighted by molar-refractivity contribution is -0.226. The van der Waals surface area contributed by atoms with Crippen molar-refractivity contribution in [3.05, 3.63) is 168 Å². The SMILES string of the molecule is CC(OC(=O)C(=O)OC(C)(c1ccc(F)cc1)C(O)(Cn1cncn1)c1ccc(F)cc1)(c1ccc(F)cc1)C(O)(Cn1cncn1)c1ccc(F)cc1. The van der Waals surface area contributed by atoms with Gasteiger partial charge in [-0.05, 0) is 84.6 Å². The summed E-state index contributed by atoms with van der Waals surface area (Å²) in [5, 5.41) is 33.4. The third-order valence-electron chi connectivity index (χ3n) is 9.49. The lowest BCUT2D eigenvalue weighted by Gasteiger charge is -2.46. The molecule has 6 aromatic rings. The molecule has 0 saturated heterocycles.